The maximum Gasteiger partial charge on any atom is 0.261 e. The number of anilines is 1. The van der Waals surface area contributed by atoms with E-state index in [0.717, 1.165) is 11.3 Å². The van der Waals surface area contributed by atoms with E-state index in [0.29, 0.717) is 36.2 Å². The number of sulfonamides is 1. The summed E-state index contributed by atoms with van der Waals surface area (Å²) in [5, 5.41) is 8.19. The predicted molar refractivity (Wildman–Crippen MR) is 114 cm³/mol. The van der Waals surface area contributed by atoms with Gasteiger partial charge in [-0.25, -0.2) is 8.42 Å². The number of benzene rings is 2. The minimum absolute atomic E-state index is 0.204. The van der Waals surface area contributed by atoms with Gasteiger partial charge >= 0.3 is 0 Å². The molecule has 0 saturated heterocycles. The summed E-state index contributed by atoms with van der Waals surface area (Å²) in [7, 11) is -3.70. The largest absolute Gasteiger partial charge is 0.493 e. The summed E-state index contributed by atoms with van der Waals surface area (Å²) in [6.45, 7) is 0.577. The van der Waals surface area contributed by atoms with Crippen LogP contribution in [0.2, 0.25) is 0 Å². The molecule has 2 aromatic carbocycles. The second-order valence-electron chi connectivity index (χ2n) is 6.92. The van der Waals surface area contributed by atoms with Crippen molar-refractivity contribution >= 4 is 15.7 Å². The number of fused-ring (bicyclic) bond motifs is 1. The summed E-state index contributed by atoms with van der Waals surface area (Å²) < 4.78 is 41.0. The molecule has 0 saturated carbocycles. The first-order valence-corrected chi connectivity index (χ1v) is 11.1. The van der Waals surface area contributed by atoms with Crippen molar-refractivity contribution in [3.63, 3.8) is 0 Å². The van der Waals surface area contributed by atoms with Gasteiger partial charge in [-0.1, -0.05) is 0 Å². The van der Waals surface area contributed by atoms with Gasteiger partial charge in [0, 0.05) is 30.6 Å². The number of nitrogens with zero attached hydrogens (tertiary/aromatic N) is 3. The summed E-state index contributed by atoms with van der Waals surface area (Å²) in [4.78, 5) is 0.204. The lowest BCUT2D eigenvalue weighted by molar-refractivity contribution is 0.356. The van der Waals surface area contributed by atoms with Crippen molar-refractivity contribution in [2.75, 3.05) is 11.3 Å². The molecular weight excluding hydrogens is 416 g/mol. The normalized spacial score (nSPS) is 12.8. The second-order valence-corrected chi connectivity index (χ2v) is 8.60. The molecule has 2 aromatic heterocycles. The Kier molecular flexibility index (Phi) is 4.79. The Bertz CT molecular complexity index is 1300. The van der Waals surface area contributed by atoms with Crippen LogP contribution in [0.1, 0.15) is 5.56 Å². The quantitative estimate of drug-likeness (QED) is 0.496. The van der Waals surface area contributed by atoms with Gasteiger partial charge in [0.2, 0.25) is 5.88 Å². The minimum Gasteiger partial charge on any atom is -0.493 e. The Hall–Kier alpha value is -3.85. The third-order valence-electron chi connectivity index (χ3n) is 4.80. The van der Waals surface area contributed by atoms with Crippen molar-refractivity contribution < 1.29 is 17.9 Å². The van der Waals surface area contributed by atoms with Crippen LogP contribution in [-0.4, -0.2) is 29.8 Å². The Labute approximate surface area is 179 Å². The van der Waals surface area contributed by atoms with Crippen molar-refractivity contribution in [1.82, 2.24) is 14.8 Å². The molecule has 1 aliphatic rings. The molecule has 0 atom stereocenters. The third-order valence-corrected chi connectivity index (χ3v) is 6.17. The van der Waals surface area contributed by atoms with E-state index in [-0.39, 0.29) is 4.90 Å². The molecule has 0 amide bonds. The van der Waals surface area contributed by atoms with E-state index in [2.05, 4.69) is 14.9 Å². The summed E-state index contributed by atoms with van der Waals surface area (Å²) in [6, 6.07) is 18.8. The van der Waals surface area contributed by atoms with Crippen molar-refractivity contribution in [3.05, 3.63) is 84.7 Å². The van der Waals surface area contributed by atoms with Gasteiger partial charge in [-0.15, -0.1) is 10.2 Å². The highest BCUT2D eigenvalue weighted by Crippen LogP contribution is 2.29. The van der Waals surface area contributed by atoms with Crippen LogP contribution in [0.15, 0.2) is 84.0 Å². The number of aromatic nitrogens is 3. The monoisotopic (exact) mass is 434 g/mol. The van der Waals surface area contributed by atoms with Gasteiger partial charge < -0.3 is 14.0 Å². The van der Waals surface area contributed by atoms with Crippen LogP contribution in [0.4, 0.5) is 5.69 Å². The fourth-order valence-electron chi connectivity index (χ4n) is 3.25. The van der Waals surface area contributed by atoms with Crippen LogP contribution in [0.25, 0.3) is 5.82 Å². The van der Waals surface area contributed by atoms with Crippen LogP contribution < -0.4 is 14.2 Å². The first-order valence-electron chi connectivity index (χ1n) is 9.60. The smallest absolute Gasteiger partial charge is 0.261 e. The fraction of sp³-hybridized carbons (Fsp3) is 0.0909. The Morgan fingerprint density at radius 2 is 1.77 bits per heavy atom. The first-order chi connectivity index (χ1) is 15.1. The van der Waals surface area contributed by atoms with Crippen molar-refractivity contribution in [2.24, 2.45) is 0 Å². The van der Waals surface area contributed by atoms with Crippen LogP contribution in [-0.2, 0) is 16.4 Å². The molecule has 0 bridgehead atoms. The minimum atomic E-state index is -3.70. The van der Waals surface area contributed by atoms with E-state index in [1.54, 1.807) is 54.6 Å². The standard InChI is InChI=1S/C22H18N4O4S/c27-31(28,19-7-8-20-16(15-19)11-14-29-20)25-17-3-5-18(6-4-17)30-22-10-9-21(23-24-22)26-12-1-2-13-26/h1-10,12-13,15,25H,11,14H2. The molecule has 3 heterocycles. The van der Waals surface area contributed by atoms with Crippen molar-refractivity contribution in [2.45, 2.75) is 11.3 Å². The molecule has 0 spiro atoms. The summed E-state index contributed by atoms with van der Waals surface area (Å²) in [5.74, 6) is 2.27. The van der Waals surface area contributed by atoms with E-state index < -0.39 is 10.0 Å². The van der Waals surface area contributed by atoms with E-state index >= 15 is 0 Å². The highest BCUT2D eigenvalue weighted by Gasteiger charge is 2.19. The predicted octanol–water partition coefficient (Wildman–Crippen LogP) is 3.80. The van der Waals surface area contributed by atoms with E-state index in [1.807, 2.05) is 29.1 Å². The highest BCUT2D eigenvalue weighted by molar-refractivity contribution is 7.92. The van der Waals surface area contributed by atoms with Crippen molar-refractivity contribution in [3.8, 4) is 23.2 Å². The van der Waals surface area contributed by atoms with Crippen LogP contribution >= 0.6 is 0 Å². The van der Waals surface area contributed by atoms with E-state index in [9.17, 15) is 8.42 Å². The first kappa shape index (κ1) is 19.1. The lowest BCUT2D eigenvalue weighted by Crippen LogP contribution is -2.13. The molecule has 9 heteroatoms. The maximum atomic E-state index is 12.7. The lowest BCUT2D eigenvalue weighted by atomic mass is 10.2. The Balaban J connectivity index is 1.26. The summed E-state index contributed by atoms with van der Waals surface area (Å²) in [6.07, 6.45) is 4.46. The molecule has 0 aliphatic carbocycles. The lowest BCUT2D eigenvalue weighted by Gasteiger charge is -2.10. The van der Waals surface area contributed by atoms with Crippen LogP contribution in [0.5, 0.6) is 17.4 Å². The number of rotatable bonds is 6. The molecule has 0 unspecified atom stereocenters. The van der Waals surface area contributed by atoms with Gasteiger partial charge in [0.15, 0.2) is 5.82 Å². The fourth-order valence-corrected chi connectivity index (χ4v) is 4.36. The highest BCUT2D eigenvalue weighted by atomic mass is 32.2. The maximum absolute atomic E-state index is 12.7. The second kappa shape index (κ2) is 7.77. The zero-order valence-corrected chi connectivity index (χ0v) is 17.1. The Morgan fingerprint density at radius 3 is 2.52 bits per heavy atom. The average Bonchev–Trinajstić information content (AvgIpc) is 3.47. The van der Waals surface area contributed by atoms with Crippen LogP contribution in [0.3, 0.4) is 0 Å². The topological polar surface area (TPSA) is 95.3 Å². The third kappa shape index (κ3) is 4.08. The van der Waals surface area contributed by atoms with E-state index in [1.165, 1.54) is 0 Å². The Morgan fingerprint density at radius 1 is 0.968 bits per heavy atom. The zero-order valence-electron chi connectivity index (χ0n) is 16.3. The molecule has 1 N–H and O–H groups in total. The summed E-state index contributed by atoms with van der Waals surface area (Å²) >= 11 is 0. The number of hydrogen-bond acceptors (Lipinski definition) is 6. The van der Waals surface area contributed by atoms with Gasteiger partial charge in [-0.05, 0) is 66.2 Å². The molecule has 0 radical (unpaired) electrons. The summed E-state index contributed by atoms with van der Waals surface area (Å²) in [5.41, 5.74) is 1.33. The molecule has 31 heavy (non-hydrogen) atoms. The molecule has 8 nitrogen and oxygen atoms in total. The van der Waals surface area contributed by atoms with Gasteiger partial charge in [0.1, 0.15) is 11.5 Å². The average molecular weight is 434 g/mol. The zero-order chi connectivity index (χ0) is 21.3. The van der Waals surface area contributed by atoms with Crippen molar-refractivity contribution in [1.29, 1.82) is 0 Å². The molecule has 4 aromatic rings. The molecule has 1 aliphatic heterocycles. The number of hydrogen-bond donors (Lipinski definition) is 1. The van der Waals surface area contributed by atoms with Gasteiger partial charge in [-0.3, -0.25) is 4.72 Å². The SMILES string of the molecule is O=S(=O)(Nc1ccc(Oc2ccc(-n3cccc3)nn2)cc1)c1ccc2c(c1)CCO2. The van der Waals surface area contributed by atoms with E-state index in [4.69, 9.17) is 9.47 Å². The number of nitrogens with one attached hydrogen (secondary N) is 1. The molecule has 156 valence electrons. The van der Waals surface area contributed by atoms with Crippen LogP contribution in [0, 0.1) is 0 Å². The van der Waals surface area contributed by atoms with Gasteiger partial charge in [0.05, 0.1) is 11.5 Å². The number of ether oxygens (including phenoxy) is 2. The van der Waals surface area contributed by atoms with Gasteiger partial charge in [-0.2, -0.15) is 0 Å². The molecule has 5 rings (SSSR count). The molecule has 0 fully saturated rings. The van der Waals surface area contributed by atoms with Gasteiger partial charge in [0.25, 0.3) is 10.0 Å². The molecular formula is C22H18N4O4S.